The Labute approximate surface area is 134 Å². The van der Waals surface area contributed by atoms with Crippen molar-refractivity contribution in [1.29, 1.82) is 0 Å². The lowest BCUT2D eigenvalue weighted by Crippen LogP contribution is -2.65. The number of hydrogen-bond acceptors (Lipinski definition) is 4. The molecule has 23 heavy (non-hydrogen) atoms. The van der Waals surface area contributed by atoms with Crippen molar-refractivity contribution in [3.05, 3.63) is 34.2 Å². The summed E-state index contributed by atoms with van der Waals surface area (Å²) < 4.78 is 1.42. The quantitative estimate of drug-likeness (QED) is 0.809. The van der Waals surface area contributed by atoms with Crippen molar-refractivity contribution >= 4 is 11.8 Å². The Hall–Kier alpha value is -2.15. The van der Waals surface area contributed by atoms with Crippen molar-refractivity contribution in [2.45, 2.75) is 24.9 Å². The van der Waals surface area contributed by atoms with Gasteiger partial charge in [0.15, 0.2) is 0 Å². The van der Waals surface area contributed by atoms with Gasteiger partial charge in [0.2, 0.25) is 5.91 Å². The molecule has 0 aromatic carbocycles. The van der Waals surface area contributed by atoms with Crippen LogP contribution in [0.5, 0.6) is 0 Å². The van der Waals surface area contributed by atoms with Crippen LogP contribution in [0.15, 0.2) is 23.1 Å². The Kier molecular flexibility index (Phi) is 4.21. The first kappa shape index (κ1) is 15.7. The maximum absolute atomic E-state index is 12.2. The van der Waals surface area contributed by atoms with Crippen LogP contribution in [0, 0.1) is 0 Å². The largest absolute Gasteiger partial charge is 0.347 e. The van der Waals surface area contributed by atoms with E-state index in [1.807, 2.05) is 7.05 Å². The molecule has 0 saturated carbocycles. The molecule has 2 amide bonds. The Morgan fingerprint density at radius 2 is 2.00 bits per heavy atom. The number of piperidine rings is 1. The van der Waals surface area contributed by atoms with E-state index in [1.165, 1.54) is 10.6 Å². The van der Waals surface area contributed by atoms with E-state index in [0.717, 1.165) is 19.4 Å². The molecule has 0 radical (unpaired) electrons. The predicted molar refractivity (Wildman–Crippen MR) is 85.2 cm³/mol. The lowest BCUT2D eigenvalue weighted by atomic mass is 9.97. The van der Waals surface area contributed by atoms with Crippen molar-refractivity contribution in [2.75, 3.05) is 26.7 Å². The molecule has 1 unspecified atom stereocenters. The van der Waals surface area contributed by atoms with Gasteiger partial charge in [-0.3, -0.25) is 19.3 Å². The van der Waals surface area contributed by atoms with E-state index >= 15 is 0 Å². The van der Waals surface area contributed by atoms with Crippen LogP contribution in [0.4, 0.5) is 0 Å². The molecule has 0 spiro atoms. The van der Waals surface area contributed by atoms with Crippen molar-refractivity contribution in [3.8, 4) is 0 Å². The summed E-state index contributed by atoms with van der Waals surface area (Å²) in [6.07, 6.45) is 3.49. The summed E-state index contributed by atoms with van der Waals surface area (Å²) in [4.78, 5) is 39.8. The number of aromatic nitrogens is 1. The van der Waals surface area contributed by atoms with Crippen molar-refractivity contribution in [3.63, 3.8) is 0 Å². The molecular formula is C16H22N4O3. The molecule has 0 aliphatic carbocycles. The molecule has 1 atom stereocenters. The second kappa shape index (κ2) is 6.16. The van der Waals surface area contributed by atoms with Gasteiger partial charge >= 0.3 is 0 Å². The number of aryl methyl sites for hydroxylation is 1. The van der Waals surface area contributed by atoms with E-state index in [9.17, 15) is 14.4 Å². The van der Waals surface area contributed by atoms with E-state index in [1.54, 1.807) is 24.2 Å². The predicted octanol–water partition coefficient (Wildman–Crippen LogP) is -0.580. The zero-order chi connectivity index (χ0) is 16.6. The molecule has 2 saturated heterocycles. The summed E-state index contributed by atoms with van der Waals surface area (Å²) in [5, 5.41) is 2.92. The van der Waals surface area contributed by atoms with E-state index in [2.05, 4.69) is 10.2 Å². The smallest absolute Gasteiger partial charge is 0.251 e. The van der Waals surface area contributed by atoms with Crippen LogP contribution >= 0.6 is 0 Å². The summed E-state index contributed by atoms with van der Waals surface area (Å²) in [7, 11) is 3.48. The monoisotopic (exact) mass is 318 g/mol. The third-order valence-electron chi connectivity index (χ3n) is 4.68. The van der Waals surface area contributed by atoms with Gasteiger partial charge in [-0.15, -0.1) is 0 Å². The lowest BCUT2D eigenvalue weighted by molar-refractivity contribution is -0.141. The molecule has 1 N–H and O–H groups in total. The van der Waals surface area contributed by atoms with Crippen molar-refractivity contribution in [2.24, 2.45) is 7.05 Å². The maximum Gasteiger partial charge on any atom is 0.251 e. The minimum Gasteiger partial charge on any atom is -0.347 e. The number of carbonyl (C=O) groups excluding carboxylic acids is 2. The van der Waals surface area contributed by atoms with Gasteiger partial charge in [-0.1, -0.05) is 0 Å². The zero-order valence-electron chi connectivity index (χ0n) is 13.5. The molecule has 3 heterocycles. The van der Waals surface area contributed by atoms with E-state index in [-0.39, 0.29) is 29.5 Å². The minimum atomic E-state index is -0.237. The van der Waals surface area contributed by atoms with Crippen molar-refractivity contribution in [1.82, 2.24) is 19.7 Å². The molecule has 2 aliphatic rings. The number of rotatable bonds is 3. The van der Waals surface area contributed by atoms with Gasteiger partial charge in [0.25, 0.3) is 11.5 Å². The third-order valence-corrected chi connectivity index (χ3v) is 4.68. The van der Waals surface area contributed by atoms with Crippen LogP contribution in [0.25, 0.3) is 0 Å². The first-order valence-corrected chi connectivity index (χ1v) is 7.92. The van der Waals surface area contributed by atoms with E-state index in [4.69, 9.17) is 0 Å². The van der Waals surface area contributed by atoms with Crippen LogP contribution < -0.4 is 10.9 Å². The van der Waals surface area contributed by atoms with E-state index in [0.29, 0.717) is 18.7 Å². The van der Waals surface area contributed by atoms with Gasteiger partial charge < -0.3 is 14.8 Å². The van der Waals surface area contributed by atoms with Gasteiger partial charge in [-0.05, 0) is 18.9 Å². The average molecular weight is 318 g/mol. The first-order chi connectivity index (χ1) is 11.0. The van der Waals surface area contributed by atoms with Crippen LogP contribution in [0.1, 0.15) is 23.2 Å². The summed E-state index contributed by atoms with van der Waals surface area (Å²) in [6, 6.07) is 2.95. The highest BCUT2D eigenvalue weighted by molar-refractivity contribution is 5.94. The maximum atomic E-state index is 12.2. The second-order valence-electron chi connectivity index (χ2n) is 6.41. The highest BCUT2D eigenvalue weighted by atomic mass is 16.2. The fraction of sp³-hybridized carbons (Fsp3) is 0.562. The van der Waals surface area contributed by atoms with Crippen LogP contribution in [0.3, 0.4) is 0 Å². The molecule has 124 valence electrons. The number of likely N-dealkylation sites (N-methyl/N-ethyl adjacent to an activating group) is 1. The molecular weight excluding hydrogens is 296 g/mol. The standard InChI is InChI=1S/C16H22N4O3/c1-18-7-5-11(8-14(18)21)15(22)17-12-9-20(10-12)13-4-3-6-19(2)16(13)23/h5,7-8,12-13H,3-4,6,9-10H2,1-2H3,(H,17,22). The zero-order valence-corrected chi connectivity index (χ0v) is 13.5. The summed E-state index contributed by atoms with van der Waals surface area (Å²) in [5.41, 5.74) is 0.170. The number of pyridine rings is 1. The fourth-order valence-electron chi connectivity index (χ4n) is 3.17. The topological polar surface area (TPSA) is 74.7 Å². The van der Waals surface area contributed by atoms with Crippen LogP contribution in [-0.4, -0.2) is 64.9 Å². The number of amides is 2. The Morgan fingerprint density at radius 3 is 2.70 bits per heavy atom. The van der Waals surface area contributed by atoms with Gasteiger partial charge in [-0.2, -0.15) is 0 Å². The van der Waals surface area contributed by atoms with E-state index < -0.39 is 0 Å². The Bertz CT molecular complexity index is 678. The summed E-state index contributed by atoms with van der Waals surface area (Å²) in [5.74, 6) is -0.0629. The van der Waals surface area contributed by atoms with Gasteiger partial charge in [0.1, 0.15) is 0 Å². The van der Waals surface area contributed by atoms with Crippen LogP contribution in [-0.2, 0) is 11.8 Å². The second-order valence-corrected chi connectivity index (χ2v) is 6.41. The molecule has 2 aliphatic heterocycles. The van der Waals surface area contributed by atoms with Crippen LogP contribution in [0.2, 0.25) is 0 Å². The molecule has 2 fully saturated rings. The Balaban J connectivity index is 1.53. The number of hydrogen-bond donors (Lipinski definition) is 1. The van der Waals surface area contributed by atoms with Gasteiger partial charge in [0.05, 0.1) is 12.1 Å². The molecule has 7 heteroatoms. The number of nitrogens with one attached hydrogen (secondary N) is 1. The highest BCUT2D eigenvalue weighted by Crippen LogP contribution is 2.21. The van der Waals surface area contributed by atoms with Gasteiger partial charge in [0, 0.05) is 51.6 Å². The molecule has 7 nitrogen and oxygen atoms in total. The number of likely N-dealkylation sites (tertiary alicyclic amines) is 2. The fourth-order valence-corrected chi connectivity index (χ4v) is 3.17. The highest BCUT2D eigenvalue weighted by Gasteiger charge is 2.39. The molecule has 3 rings (SSSR count). The molecule has 1 aromatic rings. The Morgan fingerprint density at radius 1 is 1.26 bits per heavy atom. The van der Waals surface area contributed by atoms with Crippen molar-refractivity contribution < 1.29 is 9.59 Å². The molecule has 0 bridgehead atoms. The normalized spacial score (nSPS) is 22.8. The molecule has 1 aromatic heterocycles. The lowest BCUT2D eigenvalue weighted by Gasteiger charge is -2.46. The summed E-state index contributed by atoms with van der Waals surface area (Å²) in [6.45, 7) is 2.19. The number of carbonyl (C=O) groups is 2. The SMILES string of the molecule is CN1CCCC(N2CC(NC(=O)c3ccn(C)c(=O)c3)C2)C1=O. The minimum absolute atomic E-state index is 0.0339. The number of nitrogens with zero attached hydrogens (tertiary/aromatic N) is 3. The average Bonchev–Trinajstić information content (AvgIpc) is 2.48. The summed E-state index contributed by atoms with van der Waals surface area (Å²) >= 11 is 0. The first-order valence-electron chi connectivity index (χ1n) is 7.92. The third kappa shape index (κ3) is 3.14. The van der Waals surface area contributed by atoms with Gasteiger partial charge in [-0.25, -0.2) is 0 Å².